The first-order valence-electron chi connectivity index (χ1n) is 6.40. The smallest absolute Gasteiger partial charge is 0.146 e. The predicted molar refractivity (Wildman–Crippen MR) is 84.4 cm³/mol. The van der Waals surface area contributed by atoms with Crippen molar-refractivity contribution in [2.75, 3.05) is 7.11 Å². The summed E-state index contributed by atoms with van der Waals surface area (Å²) in [6.45, 7) is 4.17. The fraction of sp³-hybridized carbons (Fsp3) is 0.188. The Kier molecular flexibility index (Phi) is 3.26. The van der Waals surface area contributed by atoms with E-state index in [9.17, 15) is 0 Å². The lowest BCUT2D eigenvalue weighted by molar-refractivity contribution is 0.411. The predicted octanol–water partition coefficient (Wildman–Crippen LogP) is 4.39. The molecule has 3 rings (SSSR count). The molecular formula is C16H15BrN2O. The second-order valence-electron chi connectivity index (χ2n) is 4.75. The summed E-state index contributed by atoms with van der Waals surface area (Å²) in [5.74, 6) is 1.85. The number of imidazole rings is 1. The third-order valence-corrected chi connectivity index (χ3v) is 4.29. The Morgan fingerprint density at radius 3 is 2.65 bits per heavy atom. The number of ether oxygens (including phenoxy) is 1. The van der Waals surface area contributed by atoms with Gasteiger partial charge in [-0.15, -0.1) is 0 Å². The van der Waals surface area contributed by atoms with Crippen LogP contribution in [0.4, 0.5) is 0 Å². The average molecular weight is 331 g/mol. The van der Waals surface area contributed by atoms with Crippen LogP contribution in [-0.4, -0.2) is 16.5 Å². The van der Waals surface area contributed by atoms with Crippen molar-refractivity contribution in [3.8, 4) is 17.1 Å². The van der Waals surface area contributed by atoms with E-state index in [2.05, 4.69) is 45.2 Å². The first-order chi connectivity index (χ1) is 9.63. The Hall–Kier alpha value is -1.81. The van der Waals surface area contributed by atoms with Gasteiger partial charge in [0.15, 0.2) is 0 Å². The number of halogens is 1. The third kappa shape index (κ3) is 1.91. The van der Waals surface area contributed by atoms with Crippen LogP contribution < -0.4 is 4.74 Å². The first kappa shape index (κ1) is 13.2. The number of aromatic nitrogens is 2. The van der Waals surface area contributed by atoms with Crippen LogP contribution in [0.1, 0.15) is 11.1 Å². The molecule has 4 heteroatoms. The molecule has 0 aliphatic heterocycles. The molecular weight excluding hydrogens is 316 g/mol. The number of rotatable bonds is 2. The highest BCUT2D eigenvalue weighted by Crippen LogP contribution is 2.32. The average Bonchev–Trinajstić information content (AvgIpc) is 2.80. The van der Waals surface area contributed by atoms with E-state index in [0.29, 0.717) is 0 Å². The highest BCUT2D eigenvalue weighted by atomic mass is 79.9. The van der Waals surface area contributed by atoms with E-state index < -0.39 is 0 Å². The number of methoxy groups -OCH3 is 1. The van der Waals surface area contributed by atoms with Gasteiger partial charge in [-0.1, -0.05) is 6.07 Å². The summed E-state index contributed by atoms with van der Waals surface area (Å²) in [6, 6.07) is 10.1. The minimum atomic E-state index is 0.862. The topological polar surface area (TPSA) is 26.5 Å². The summed E-state index contributed by atoms with van der Waals surface area (Å²) < 4.78 is 8.33. The van der Waals surface area contributed by atoms with Crippen LogP contribution in [0.2, 0.25) is 0 Å². The zero-order chi connectivity index (χ0) is 14.3. The second kappa shape index (κ2) is 4.94. The van der Waals surface area contributed by atoms with Crippen LogP contribution in [-0.2, 0) is 0 Å². The van der Waals surface area contributed by atoms with Crippen LogP contribution >= 0.6 is 15.9 Å². The molecule has 0 aliphatic carbocycles. The SMILES string of the molecule is COc1ccc(-c2nc(Br)c3ccccn23)c(C)c1C. The van der Waals surface area contributed by atoms with Gasteiger partial charge in [0, 0.05) is 11.8 Å². The summed E-state index contributed by atoms with van der Waals surface area (Å²) in [5, 5.41) is 0. The largest absolute Gasteiger partial charge is 0.496 e. The van der Waals surface area contributed by atoms with E-state index in [1.807, 2.05) is 30.5 Å². The van der Waals surface area contributed by atoms with E-state index in [1.165, 1.54) is 5.56 Å². The molecule has 3 aromatic rings. The molecule has 0 unspecified atom stereocenters. The summed E-state index contributed by atoms with van der Waals surface area (Å²) in [7, 11) is 1.70. The van der Waals surface area contributed by atoms with Gasteiger partial charge in [0.25, 0.3) is 0 Å². The molecule has 0 aliphatic rings. The van der Waals surface area contributed by atoms with Gasteiger partial charge in [0.1, 0.15) is 16.2 Å². The number of fused-ring (bicyclic) bond motifs is 1. The molecule has 0 saturated carbocycles. The van der Waals surface area contributed by atoms with Gasteiger partial charge in [0.05, 0.1) is 12.6 Å². The van der Waals surface area contributed by atoms with E-state index in [0.717, 1.165) is 32.8 Å². The van der Waals surface area contributed by atoms with Gasteiger partial charge in [-0.25, -0.2) is 4.98 Å². The van der Waals surface area contributed by atoms with Crippen molar-refractivity contribution in [1.29, 1.82) is 0 Å². The normalized spacial score (nSPS) is 11.0. The van der Waals surface area contributed by atoms with Crippen molar-refractivity contribution in [2.24, 2.45) is 0 Å². The van der Waals surface area contributed by atoms with Crippen molar-refractivity contribution in [3.05, 3.63) is 52.3 Å². The van der Waals surface area contributed by atoms with Crippen LogP contribution in [0.15, 0.2) is 41.1 Å². The molecule has 0 atom stereocenters. The van der Waals surface area contributed by atoms with Crippen molar-refractivity contribution in [3.63, 3.8) is 0 Å². The monoisotopic (exact) mass is 330 g/mol. The lowest BCUT2D eigenvalue weighted by Gasteiger charge is -2.11. The summed E-state index contributed by atoms with van der Waals surface area (Å²) in [5.41, 5.74) is 4.52. The van der Waals surface area contributed by atoms with Crippen molar-refractivity contribution >= 4 is 21.4 Å². The minimum absolute atomic E-state index is 0.862. The quantitative estimate of drug-likeness (QED) is 0.696. The molecule has 0 bridgehead atoms. The number of pyridine rings is 1. The molecule has 2 heterocycles. The summed E-state index contributed by atoms with van der Waals surface area (Å²) >= 11 is 3.53. The van der Waals surface area contributed by atoms with E-state index >= 15 is 0 Å². The fourth-order valence-corrected chi connectivity index (χ4v) is 2.94. The molecule has 1 aromatic carbocycles. The standard InChI is InChI=1S/C16H15BrN2O/c1-10-11(2)14(20-3)8-7-12(10)16-18-15(17)13-6-4-5-9-19(13)16/h4-9H,1-3H3. The molecule has 0 amide bonds. The summed E-state index contributed by atoms with van der Waals surface area (Å²) in [4.78, 5) is 4.66. The van der Waals surface area contributed by atoms with Crippen LogP contribution in [0.3, 0.4) is 0 Å². The van der Waals surface area contributed by atoms with Gasteiger partial charge in [-0.2, -0.15) is 0 Å². The zero-order valence-electron chi connectivity index (χ0n) is 11.6. The zero-order valence-corrected chi connectivity index (χ0v) is 13.2. The van der Waals surface area contributed by atoms with Gasteiger partial charge < -0.3 is 4.74 Å². The van der Waals surface area contributed by atoms with E-state index in [1.54, 1.807) is 7.11 Å². The Bertz CT molecular complexity index is 793. The first-order valence-corrected chi connectivity index (χ1v) is 7.20. The molecule has 0 saturated heterocycles. The molecule has 0 N–H and O–H groups in total. The maximum Gasteiger partial charge on any atom is 0.146 e. The van der Waals surface area contributed by atoms with Crippen molar-refractivity contribution < 1.29 is 4.74 Å². The highest BCUT2D eigenvalue weighted by Gasteiger charge is 2.15. The molecule has 102 valence electrons. The molecule has 0 radical (unpaired) electrons. The molecule has 0 fully saturated rings. The molecule has 20 heavy (non-hydrogen) atoms. The maximum atomic E-state index is 5.37. The molecule has 3 nitrogen and oxygen atoms in total. The van der Waals surface area contributed by atoms with Crippen LogP contribution in [0, 0.1) is 13.8 Å². The van der Waals surface area contributed by atoms with E-state index in [4.69, 9.17) is 4.74 Å². The fourth-order valence-electron chi connectivity index (χ4n) is 2.45. The minimum Gasteiger partial charge on any atom is -0.496 e. The molecule has 2 aromatic heterocycles. The van der Waals surface area contributed by atoms with Crippen molar-refractivity contribution in [2.45, 2.75) is 13.8 Å². The van der Waals surface area contributed by atoms with Gasteiger partial charge >= 0.3 is 0 Å². The number of hydrogen-bond acceptors (Lipinski definition) is 2. The Morgan fingerprint density at radius 2 is 1.90 bits per heavy atom. The number of benzene rings is 1. The van der Waals surface area contributed by atoms with Crippen LogP contribution in [0.5, 0.6) is 5.75 Å². The number of hydrogen-bond donors (Lipinski definition) is 0. The van der Waals surface area contributed by atoms with Gasteiger partial charge in [-0.05, 0) is 65.2 Å². The third-order valence-electron chi connectivity index (χ3n) is 3.70. The van der Waals surface area contributed by atoms with E-state index in [-0.39, 0.29) is 0 Å². The maximum absolute atomic E-state index is 5.37. The Balaban J connectivity index is 2.29. The van der Waals surface area contributed by atoms with Crippen LogP contribution in [0.25, 0.3) is 16.9 Å². The Labute approximate surface area is 126 Å². The highest BCUT2D eigenvalue weighted by molar-refractivity contribution is 9.10. The summed E-state index contributed by atoms with van der Waals surface area (Å²) in [6.07, 6.45) is 2.03. The Morgan fingerprint density at radius 1 is 1.10 bits per heavy atom. The lowest BCUT2D eigenvalue weighted by Crippen LogP contribution is -1.96. The van der Waals surface area contributed by atoms with Gasteiger partial charge in [-0.3, -0.25) is 4.40 Å². The molecule has 0 spiro atoms. The number of nitrogens with zero attached hydrogens (tertiary/aromatic N) is 2. The van der Waals surface area contributed by atoms with Crippen molar-refractivity contribution in [1.82, 2.24) is 9.38 Å². The lowest BCUT2D eigenvalue weighted by atomic mass is 10.0. The second-order valence-corrected chi connectivity index (χ2v) is 5.50. The van der Waals surface area contributed by atoms with Gasteiger partial charge in [0.2, 0.25) is 0 Å².